The molecule has 2 aromatic heterocycles. The first-order valence-electron chi connectivity index (χ1n) is 8.64. The summed E-state index contributed by atoms with van der Waals surface area (Å²) in [4.78, 5) is 29.3. The van der Waals surface area contributed by atoms with E-state index in [9.17, 15) is 9.59 Å². The molecule has 0 bridgehead atoms. The second-order valence-corrected chi connectivity index (χ2v) is 12.7. The molecule has 0 aromatic carbocycles. The Bertz CT molecular complexity index is 818. The van der Waals surface area contributed by atoms with Crippen molar-refractivity contribution in [2.24, 2.45) is 0 Å². The minimum atomic E-state index is -2.05. The lowest BCUT2D eigenvalue weighted by molar-refractivity contribution is 0.172. The molecule has 1 atom stereocenters. The minimum absolute atomic E-state index is 0.0495. The van der Waals surface area contributed by atoms with Gasteiger partial charge in [-0.25, -0.2) is 0 Å². The molecule has 0 aliphatic heterocycles. The number of hydrogen-bond acceptors (Lipinski definition) is 3. The Morgan fingerprint density at radius 3 is 2.44 bits per heavy atom. The fourth-order valence-corrected chi connectivity index (χ4v) is 3.73. The molecule has 2 heterocycles. The quantitative estimate of drug-likeness (QED) is 0.770. The van der Waals surface area contributed by atoms with Gasteiger partial charge in [-0.3, -0.25) is 9.59 Å². The third kappa shape index (κ3) is 5.03. The molecule has 0 saturated carbocycles. The van der Waals surface area contributed by atoms with E-state index in [1.807, 2.05) is 18.2 Å². The van der Waals surface area contributed by atoms with Crippen LogP contribution in [0.5, 0.6) is 0 Å². The fourth-order valence-electron chi connectivity index (χ4n) is 2.42. The number of nitrogens with one attached hydrogen (secondary N) is 2. The number of aromatic amines is 2. The normalized spacial score (nSPS) is 13.6. The first kappa shape index (κ1) is 19.4. The third-order valence-corrected chi connectivity index (χ3v) is 9.43. The second kappa shape index (κ2) is 7.54. The lowest BCUT2D eigenvalue weighted by Gasteiger charge is -2.39. The summed E-state index contributed by atoms with van der Waals surface area (Å²) in [6.45, 7) is 10.9. The summed E-state index contributed by atoms with van der Waals surface area (Å²) in [6.07, 6.45) is 2.61. The van der Waals surface area contributed by atoms with Gasteiger partial charge in [0, 0.05) is 23.5 Å². The number of aryl methyl sites for hydroxylation is 1. The Balaban J connectivity index is 2.28. The molecule has 25 heavy (non-hydrogen) atoms. The van der Waals surface area contributed by atoms with E-state index in [4.69, 9.17) is 4.43 Å². The minimum Gasteiger partial charge on any atom is -0.410 e. The summed E-state index contributed by atoms with van der Waals surface area (Å²) in [5.74, 6) is 0. The molecule has 0 amide bonds. The second-order valence-electron chi connectivity index (χ2n) is 7.90. The number of aromatic nitrogens is 2. The van der Waals surface area contributed by atoms with Gasteiger partial charge in [-0.05, 0) is 49.2 Å². The highest BCUT2D eigenvalue weighted by Gasteiger charge is 2.39. The molecule has 0 spiro atoms. The summed E-state index contributed by atoms with van der Waals surface area (Å²) in [7, 11) is -2.05. The van der Waals surface area contributed by atoms with Gasteiger partial charge in [0.05, 0.1) is 6.10 Å². The predicted molar refractivity (Wildman–Crippen MR) is 103 cm³/mol. The van der Waals surface area contributed by atoms with Crippen LogP contribution >= 0.6 is 0 Å². The molecular weight excluding hydrogens is 332 g/mol. The molecule has 136 valence electrons. The van der Waals surface area contributed by atoms with Crippen molar-refractivity contribution in [3.8, 4) is 0 Å². The Hall–Kier alpha value is -1.92. The number of H-pyrrole nitrogens is 2. The van der Waals surface area contributed by atoms with Gasteiger partial charge in [0.2, 0.25) is 5.56 Å². The van der Waals surface area contributed by atoms with Crippen molar-refractivity contribution in [3.63, 3.8) is 0 Å². The van der Waals surface area contributed by atoms with Crippen LogP contribution in [-0.4, -0.2) is 18.3 Å². The maximum absolute atomic E-state index is 12.3. The van der Waals surface area contributed by atoms with E-state index < -0.39 is 8.32 Å². The summed E-state index contributed by atoms with van der Waals surface area (Å²) >= 11 is 0. The Labute approximate surface area is 149 Å². The van der Waals surface area contributed by atoms with Crippen molar-refractivity contribution < 1.29 is 4.43 Å². The summed E-state index contributed by atoms with van der Waals surface area (Å²) in [5, 5.41) is 0.0495. The van der Waals surface area contributed by atoms with Crippen LogP contribution in [0, 0.1) is 0 Å². The molecule has 5 nitrogen and oxygen atoms in total. The lowest BCUT2D eigenvalue weighted by Crippen LogP contribution is -2.42. The van der Waals surface area contributed by atoms with Crippen LogP contribution in [0.3, 0.4) is 0 Å². The van der Waals surface area contributed by atoms with Gasteiger partial charge >= 0.3 is 0 Å². The smallest absolute Gasteiger partial charge is 0.253 e. The summed E-state index contributed by atoms with van der Waals surface area (Å²) in [5.41, 5.74) is 1.26. The molecule has 0 fully saturated rings. The van der Waals surface area contributed by atoms with Gasteiger partial charge in [-0.1, -0.05) is 26.8 Å². The molecule has 0 saturated heterocycles. The van der Waals surface area contributed by atoms with Crippen LogP contribution in [0.2, 0.25) is 18.1 Å². The Morgan fingerprint density at radius 1 is 1.12 bits per heavy atom. The zero-order valence-corrected chi connectivity index (χ0v) is 16.7. The number of pyridine rings is 2. The van der Waals surface area contributed by atoms with Crippen molar-refractivity contribution in [3.05, 3.63) is 68.5 Å². The molecule has 2 aromatic rings. The topological polar surface area (TPSA) is 75.0 Å². The van der Waals surface area contributed by atoms with Crippen LogP contribution in [0.4, 0.5) is 0 Å². The van der Waals surface area contributed by atoms with Gasteiger partial charge in [-0.15, -0.1) is 0 Å². The molecule has 2 rings (SSSR count). The maximum atomic E-state index is 12.3. The maximum Gasteiger partial charge on any atom is 0.253 e. The zero-order valence-electron chi connectivity index (χ0n) is 15.7. The summed E-state index contributed by atoms with van der Waals surface area (Å²) in [6, 6.07) is 8.77. The molecule has 2 N–H and O–H groups in total. The van der Waals surface area contributed by atoms with Crippen LogP contribution < -0.4 is 11.1 Å². The van der Waals surface area contributed by atoms with E-state index in [0.717, 1.165) is 5.69 Å². The SMILES string of the molecule is CC(C)(C)[Si](C)(C)OC(CCc1cccc(=O)[nH]1)c1ccc[nH]c1=O. The Morgan fingerprint density at radius 2 is 1.84 bits per heavy atom. The van der Waals surface area contributed by atoms with Crippen molar-refractivity contribution in [2.45, 2.75) is 57.8 Å². The van der Waals surface area contributed by atoms with Gasteiger partial charge in [-0.2, -0.15) is 0 Å². The van der Waals surface area contributed by atoms with E-state index in [0.29, 0.717) is 18.4 Å². The van der Waals surface area contributed by atoms with E-state index in [2.05, 4.69) is 43.8 Å². The van der Waals surface area contributed by atoms with E-state index in [-0.39, 0.29) is 22.3 Å². The van der Waals surface area contributed by atoms with Crippen LogP contribution in [-0.2, 0) is 10.8 Å². The molecule has 0 radical (unpaired) electrons. The van der Waals surface area contributed by atoms with Gasteiger partial charge in [0.15, 0.2) is 8.32 Å². The van der Waals surface area contributed by atoms with E-state index in [1.54, 1.807) is 12.3 Å². The van der Waals surface area contributed by atoms with Crippen LogP contribution in [0.1, 0.15) is 44.6 Å². The molecule has 0 aliphatic rings. The summed E-state index contributed by atoms with van der Waals surface area (Å²) < 4.78 is 6.55. The lowest BCUT2D eigenvalue weighted by atomic mass is 10.1. The van der Waals surface area contributed by atoms with Crippen molar-refractivity contribution >= 4 is 8.32 Å². The standard InChI is InChI=1S/C19H28N2O3Si/c1-19(2,3)25(4,5)24-16(15-9-7-13-20-18(15)23)12-11-14-8-6-10-17(22)21-14/h6-10,13,16H,11-12H2,1-5H3,(H,20,23)(H,21,22). The zero-order chi connectivity index (χ0) is 18.7. The largest absolute Gasteiger partial charge is 0.410 e. The van der Waals surface area contributed by atoms with Crippen molar-refractivity contribution in [1.29, 1.82) is 0 Å². The van der Waals surface area contributed by atoms with Gasteiger partial charge < -0.3 is 14.4 Å². The highest BCUT2D eigenvalue weighted by Crippen LogP contribution is 2.40. The number of rotatable bonds is 6. The number of hydrogen-bond donors (Lipinski definition) is 2. The van der Waals surface area contributed by atoms with E-state index in [1.165, 1.54) is 6.07 Å². The Kier molecular flexibility index (Phi) is 5.85. The molecule has 0 aliphatic carbocycles. The van der Waals surface area contributed by atoms with Crippen molar-refractivity contribution in [1.82, 2.24) is 9.97 Å². The molecular formula is C19H28N2O3Si. The first-order chi connectivity index (χ1) is 11.6. The highest BCUT2D eigenvalue weighted by molar-refractivity contribution is 6.74. The highest BCUT2D eigenvalue weighted by atomic mass is 28.4. The monoisotopic (exact) mass is 360 g/mol. The fraction of sp³-hybridized carbons (Fsp3) is 0.474. The van der Waals surface area contributed by atoms with Crippen LogP contribution in [0.15, 0.2) is 46.1 Å². The average Bonchev–Trinajstić information content (AvgIpc) is 2.51. The van der Waals surface area contributed by atoms with Gasteiger partial charge in [0.1, 0.15) is 0 Å². The molecule has 1 unspecified atom stereocenters. The van der Waals surface area contributed by atoms with E-state index >= 15 is 0 Å². The first-order valence-corrected chi connectivity index (χ1v) is 11.5. The van der Waals surface area contributed by atoms with Crippen molar-refractivity contribution in [2.75, 3.05) is 0 Å². The average molecular weight is 361 g/mol. The van der Waals surface area contributed by atoms with Gasteiger partial charge in [0.25, 0.3) is 5.56 Å². The predicted octanol–water partition coefficient (Wildman–Crippen LogP) is 3.76. The third-order valence-electron chi connectivity index (χ3n) is 4.94. The molecule has 6 heteroatoms. The van der Waals surface area contributed by atoms with Crippen LogP contribution in [0.25, 0.3) is 0 Å².